The molecule has 4 rings (SSSR count). The molecule has 2 aromatic carbocycles. The fourth-order valence-corrected chi connectivity index (χ4v) is 3.95. The van der Waals surface area contributed by atoms with Gasteiger partial charge in [0.05, 0.1) is 19.4 Å². The number of hydrogen-bond donors (Lipinski definition) is 0. The van der Waals surface area contributed by atoms with Crippen molar-refractivity contribution in [3.05, 3.63) is 71.2 Å². The molecule has 2 amide bonds. The lowest BCUT2D eigenvalue weighted by Gasteiger charge is -2.18. The maximum atomic E-state index is 12.6. The predicted octanol–water partition coefficient (Wildman–Crippen LogP) is 4.67. The summed E-state index contributed by atoms with van der Waals surface area (Å²) in [5.74, 6) is 1.39. The van der Waals surface area contributed by atoms with Crippen LogP contribution in [0.2, 0.25) is 0 Å². The second-order valence-electron chi connectivity index (χ2n) is 8.15. The summed E-state index contributed by atoms with van der Waals surface area (Å²) in [6.07, 6.45) is 2.39. The highest BCUT2D eigenvalue weighted by atomic mass is 16.5. The molecule has 1 aromatic heterocycles. The van der Waals surface area contributed by atoms with Crippen LogP contribution in [0, 0.1) is 6.92 Å². The van der Waals surface area contributed by atoms with Crippen molar-refractivity contribution in [2.24, 2.45) is 0 Å². The number of urea groups is 1. The summed E-state index contributed by atoms with van der Waals surface area (Å²) in [7, 11) is 1.65. The molecule has 3 aromatic rings. The zero-order valence-corrected chi connectivity index (χ0v) is 19.5. The standard InChI is InChI=1S/C26H31N3O4/c1-4-32-18-20-6-5-19(2)22(15-20)16-25-27-17-24(33-25)21-7-9-23(10-8-21)29-12-11-28(26(29)30)13-14-31-3/h5-10,15,17H,4,11-14,16,18H2,1-3H3. The Labute approximate surface area is 194 Å². The van der Waals surface area contributed by atoms with Gasteiger partial charge in [0.2, 0.25) is 0 Å². The van der Waals surface area contributed by atoms with Gasteiger partial charge in [-0.25, -0.2) is 9.78 Å². The number of carbonyl (C=O) groups excluding carboxylic acids is 1. The molecule has 1 fully saturated rings. The van der Waals surface area contributed by atoms with Crippen molar-refractivity contribution in [3.63, 3.8) is 0 Å². The molecular weight excluding hydrogens is 418 g/mol. The molecule has 0 atom stereocenters. The first-order valence-corrected chi connectivity index (χ1v) is 11.4. The molecule has 2 heterocycles. The van der Waals surface area contributed by atoms with Crippen molar-refractivity contribution >= 4 is 11.7 Å². The summed E-state index contributed by atoms with van der Waals surface area (Å²) in [5.41, 5.74) is 5.35. The summed E-state index contributed by atoms with van der Waals surface area (Å²) in [6.45, 7) is 7.94. The molecule has 0 bridgehead atoms. The van der Waals surface area contributed by atoms with Crippen molar-refractivity contribution in [1.29, 1.82) is 0 Å². The number of hydrogen-bond acceptors (Lipinski definition) is 5. The minimum Gasteiger partial charge on any atom is -0.440 e. The number of rotatable bonds is 10. The van der Waals surface area contributed by atoms with Gasteiger partial charge in [-0.1, -0.05) is 18.2 Å². The normalized spacial score (nSPS) is 13.8. The van der Waals surface area contributed by atoms with Crippen LogP contribution in [-0.4, -0.2) is 55.9 Å². The van der Waals surface area contributed by atoms with E-state index in [9.17, 15) is 4.79 Å². The van der Waals surface area contributed by atoms with E-state index in [1.807, 2.05) is 36.1 Å². The van der Waals surface area contributed by atoms with E-state index in [-0.39, 0.29) is 6.03 Å². The van der Waals surface area contributed by atoms with Crippen LogP contribution in [-0.2, 0) is 22.5 Å². The first-order valence-electron chi connectivity index (χ1n) is 11.4. The van der Waals surface area contributed by atoms with Crippen molar-refractivity contribution < 1.29 is 18.7 Å². The molecule has 0 radical (unpaired) electrons. The first-order chi connectivity index (χ1) is 16.1. The number of methoxy groups -OCH3 is 1. The molecule has 7 nitrogen and oxygen atoms in total. The average molecular weight is 450 g/mol. The van der Waals surface area contributed by atoms with Crippen LogP contribution in [0.15, 0.2) is 53.1 Å². The van der Waals surface area contributed by atoms with Gasteiger partial charge in [0.25, 0.3) is 0 Å². The Hall–Kier alpha value is -3.16. The summed E-state index contributed by atoms with van der Waals surface area (Å²) in [4.78, 5) is 20.7. The first kappa shape index (κ1) is 23.0. The van der Waals surface area contributed by atoms with Crippen molar-refractivity contribution in [3.8, 4) is 11.3 Å². The number of aryl methyl sites for hydroxylation is 1. The number of carbonyl (C=O) groups is 1. The van der Waals surface area contributed by atoms with Gasteiger partial charge in [-0.3, -0.25) is 4.90 Å². The lowest BCUT2D eigenvalue weighted by atomic mass is 10.0. The third-order valence-electron chi connectivity index (χ3n) is 5.91. The molecule has 33 heavy (non-hydrogen) atoms. The number of aromatic nitrogens is 1. The van der Waals surface area contributed by atoms with Gasteiger partial charge in [-0.2, -0.15) is 0 Å². The number of amides is 2. The Morgan fingerprint density at radius 3 is 2.70 bits per heavy atom. The van der Waals surface area contributed by atoms with Crippen LogP contribution >= 0.6 is 0 Å². The molecule has 0 spiro atoms. The summed E-state index contributed by atoms with van der Waals surface area (Å²) >= 11 is 0. The summed E-state index contributed by atoms with van der Waals surface area (Å²) in [5, 5.41) is 0. The number of benzene rings is 2. The van der Waals surface area contributed by atoms with Gasteiger partial charge in [0, 0.05) is 51.0 Å². The van der Waals surface area contributed by atoms with Crippen LogP contribution in [0.25, 0.3) is 11.3 Å². The maximum Gasteiger partial charge on any atom is 0.324 e. The van der Waals surface area contributed by atoms with Gasteiger partial charge >= 0.3 is 6.03 Å². The van der Waals surface area contributed by atoms with Crippen LogP contribution in [0.1, 0.15) is 29.5 Å². The topological polar surface area (TPSA) is 68.0 Å². The van der Waals surface area contributed by atoms with E-state index in [1.165, 1.54) is 11.1 Å². The largest absolute Gasteiger partial charge is 0.440 e. The lowest BCUT2D eigenvalue weighted by molar-refractivity contribution is 0.134. The SMILES string of the molecule is CCOCc1ccc(C)c(Cc2ncc(-c3ccc(N4CCN(CCOC)C4=O)cc3)o2)c1. The Morgan fingerprint density at radius 1 is 1.12 bits per heavy atom. The minimum atomic E-state index is 0.0173. The van der Waals surface area contributed by atoms with Crippen molar-refractivity contribution in [1.82, 2.24) is 9.88 Å². The van der Waals surface area contributed by atoms with E-state index in [1.54, 1.807) is 18.2 Å². The monoisotopic (exact) mass is 449 g/mol. The fourth-order valence-electron chi connectivity index (χ4n) is 3.95. The molecule has 1 saturated heterocycles. The highest BCUT2D eigenvalue weighted by Gasteiger charge is 2.29. The Kier molecular flexibility index (Phi) is 7.42. The number of nitrogens with zero attached hydrogens (tertiary/aromatic N) is 3. The third kappa shape index (κ3) is 5.43. The average Bonchev–Trinajstić information content (AvgIpc) is 3.45. The second kappa shape index (κ2) is 10.6. The Bertz CT molecular complexity index is 1080. The molecule has 1 aliphatic rings. The maximum absolute atomic E-state index is 12.6. The smallest absolute Gasteiger partial charge is 0.324 e. The van der Waals surface area contributed by atoms with Crippen LogP contribution in [0.3, 0.4) is 0 Å². The second-order valence-corrected chi connectivity index (χ2v) is 8.15. The molecule has 174 valence electrons. The number of oxazole rings is 1. The predicted molar refractivity (Wildman–Crippen MR) is 127 cm³/mol. The lowest BCUT2D eigenvalue weighted by Crippen LogP contribution is -2.33. The molecule has 0 N–H and O–H groups in total. The summed E-state index contributed by atoms with van der Waals surface area (Å²) in [6, 6.07) is 14.2. The van der Waals surface area contributed by atoms with E-state index in [0.29, 0.717) is 57.5 Å². The van der Waals surface area contributed by atoms with Crippen molar-refractivity contribution in [2.75, 3.05) is 44.9 Å². The Morgan fingerprint density at radius 2 is 1.94 bits per heavy atom. The molecule has 7 heteroatoms. The van der Waals surface area contributed by atoms with Crippen molar-refractivity contribution in [2.45, 2.75) is 26.9 Å². The van der Waals surface area contributed by atoms with E-state index >= 15 is 0 Å². The molecule has 0 unspecified atom stereocenters. The minimum absolute atomic E-state index is 0.0173. The van der Waals surface area contributed by atoms with Crippen LogP contribution in [0.4, 0.5) is 10.5 Å². The quantitative estimate of drug-likeness (QED) is 0.450. The van der Waals surface area contributed by atoms with Gasteiger partial charge in [0.1, 0.15) is 0 Å². The van der Waals surface area contributed by atoms with E-state index in [2.05, 4.69) is 30.1 Å². The van der Waals surface area contributed by atoms with Gasteiger partial charge in [-0.15, -0.1) is 0 Å². The zero-order valence-electron chi connectivity index (χ0n) is 19.5. The zero-order chi connectivity index (χ0) is 23.2. The molecule has 0 aliphatic carbocycles. The number of anilines is 1. The Balaban J connectivity index is 1.43. The van der Waals surface area contributed by atoms with E-state index in [0.717, 1.165) is 16.8 Å². The number of ether oxygens (including phenoxy) is 2. The molecular formula is C26H31N3O4. The molecule has 1 aliphatic heterocycles. The van der Waals surface area contributed by atoms with E-state index < -0.39 is 0 Å². The van der Waals surface area contributed by atoms with E-state index in [4.69, 9.17) is 13.9 Å². The van der Waals surface area contributed by atoms with Crippen LogP contribution < -0.4 is 4.90 Å². The van der Waals surface area contributed by atoms with Crippen LogP contribution in [0.5, 0.6) is 0 Å². The highest BCUT2D eigenvalue weighted by Crippen LogP contribution is 2.27. The molecule has 0 saturated carbocycles. The third-order valence-corrected chi connectivity index (χ3v) is 5.91. The fraction of sp³-hybridized carbons (Fsp3) is 0.385. The summed E-state index contributed by atoms with van der Waals surface area (Å²) < 4.78 is 16.7. The van der Waals surface area contributed by atoms with Gasteiger partial charge < -0.3 is 18.8 Å². The van der Waals surface area contributed by atoms with Gasteiger partial charge in [-0.05, 0) is 54.8 Å². The highest BCUT2D eigenvalue weighted by molar-refractivity contribution is 5.94. The van der Waals surface area contributed by atoms with Gasteiger partial charge in [0.15, 0.2) is 11.7 Å².